The number of rotatable bonds is 1. The van der Waals surface area contributed by atoms with Crippen molar-refractivity contribution >= 4 is 28.7 Å². The average molecular weight is 230 g/mol. The maximum absolute atomic E-state index is 13.4. The largest absolute Gasteiger partial charge is 0.465 e. The van der Waals surface area contributed by atoms with E-state index in [0.29, 0.717) is 0 Å². The summed E-state index contributed by atoms with van der Waals surface area (Å²) in [5, 5.41) is -0.175. The number of carbonyl (C=O) groups is 1. The predicted molar refractivity (Wildman–Crippen MR) is 50.3 cm³/mol. The molecule has 0 saturated heterocycles. The summed E-state index contributed by atoms with van der Waals surface area (Å²) in [5.41, 5.74) is 0.156. The van der Waals surface area contributed by atoms with Crippen molar-refractivity contribution in [2.45, 2.75) is 0 Å². The molecule has 0 bridgehead atoms. The second kappa shape index (κ2) is 3.51. The fourth-order valence-corrected chi connectivity index (χ4v) is 1.36. The Kier molecular flexibility index (Phi) is 2.32. The molecule has 78 valence electrons. The minimum absolute atomic E-state index is 0.00680. The summed E-state index contributed by atoms with van der Waals surface area (Å²) in [4.78, 5) is 14.7. The van der Waals surface area contributed by atoms with Gasteiger partial charge in [0.2, 0.25) is 0 Å². The number of carbonyl (C=O) groups excluding carboxylic acids is 1. The normalized spacial score (nSPS) is 10.6. The highest BCUT2D eigenvalue weighted by Gasteiger charge is 2.14. The Labute approximate surface area is 88.6 Å². The lowest BCUT2D eigenvalue weighted by Crippen LogP contribution is -2.01. The second-order valence-electron chi connectivity index (χ2n) is 2.76. The van der Waals surface area contributed by atoms with E-state index in [2.05, 4.69) is 9.72 Å². The number of methoxy groups -OCH3 is 1. The number of hydrogen-bond donors (Lipinski definition) is 0. The Balaban J connectivity index is 2.66. The molecule has 1 aromatic heterocycles. The molecule has 2 aromatic rings. The zero-order chi connectivity index (χ0) is 11.0. The van der Waals surface area contributed by atoms with Gasteiger partial charge >= 0.3 is 5.97 Å². The van der Waals surface area contributed by atoms with E-state index in [1.807, 2.05) is 0 Å². The predicted octanol–water partition coefficient (Wildman–Crippen LogP) is 2.41. The van der Waals surface area contributed by atoms with E-state index >= 15 is 0 Å². The summed E-state index contributed by atoms with van der Waals surface area (Å²) in [6.07, 6.45) is 0. The van der Waals surface area contributed by atoms with Crippen molar-refractivity contribution in [2.75, 3.05) is 7.11 Å². The van der Waals surface area contributed by atoms with Crippen LogP contribution in [-0.4, -0.2) is 18.1 Å². The average Bonchev–Trinajstić information content (AvgIpc) is 2.58. The number of nitrogens with zero attached hydrogens (tertiary/aromatic N) is 1. The highest BCUT2D eigenvalue weighted by Crippen LogP contribution is 2.23. The van der Waals surface area contributed by atoms with E-state index < -0.39 is 11.8 Å². The number of halogens is 2. The quantitative estimate of drug-likeness (QED) is 0.705. The van der Waals surface area contributed by atoms with Crippen LogP contribution in [-0.2, 0) is 4.74 Å². The van der Waals surface area contributed by atoms with Gasteiger partial charge in [0.05, 0.1) is 12.7 Å². The Morgan fingerprint density at radius 3 is 3.00 bits per heavy atom. The van der Waals surface area contributed by atoms with Crippen LogP contribution in [0.2, 0.25) is 5.35 Å². The van der Waals surface area contributed by atoms with Crippen LogP contribution in [0, 0.1) is 5.82 Å². The molecule has 4 nitrogen and oxygen atoms in total. The molecule has 2 rings (SSSR count). The lowest BCUT2D eigenvalue weighted by atomic mass is 10.2. The van der Waals surface area contributed by atoms with Crippen molar-refractivity contribution in [3.63, 3.8) is 0 Å². The molecule has 0 spiro atoms. The molecule has 0 N–H and O–H groups in total. The van der Waals surface area contributed by atoms with Gasteiger partial charge in [-0.15, -0.1) is 0 Å². The van der Waals surface area contributed by atoms with Crippen LogP contribution in [0.4, 0.5) is 4.39 Å². The number of hydrogen-bond acceptors (Lipinski definition) is 4. The number of benzene rings is 1. The zero-order valence-corrected chi connectivity index (χ0v) is 8.34. The maximum atomic E-state index is 13.4. The summed E-state index contributed by atoms with van der Waals surface area (Å²) in [6, 6.07) is 2.34. The monoisotopic (exact) mass is 229 g/mol. The van der Waals surface area contributed by atoms with E-state index in [1.165, 1.54) is 13.2 Å². The summed E-state index contributed by atoms with van der Waals surface area (Å²) >= 11 is 5.46. The molecule has 1 heterocycles. The molecule has 0 unspecified atom stereocenters. The number of oxazole rings is 1. The minimum atomic E-state index is -0.677. The van der Waals surface area contributed by atoms with Crippen molar-refractivity contribution in [1.82, 2.24) is 4.98 Å². The fourth-order valence-electron chi connectivity index (χ4n) is 1.20. The highest BCUT2D eigenvalue weighted by atomic mass is 35.5. The van der Waals surface area contributed by atoms with E-state index in [4.69, 9.17) is 16.0 Å². The highest BCUT2D eigenvalue weighted by molar-refractivity contribution is 6.28. The van der Waals surface area contributed by atoms with Gasteiger partial charge < -0.3 is 9.15 Å². The summed E-state index contributed by atoms with van der Waals surface area (Å²) < 4.78 is 22.7. The Morgan fingerprint density at radius 2 is 2.33 bits per heavy atom. The van der Waals surface area contributed by atoms with Gasteiger partial charge in [-0.1, -0.05) is 0 Å². The van der Waals surface area contributed by atoms with Crippen molar-refractivity contribution in [3.05, 3.63) is 28.9 Å². The first kappa shape index (κ1) is 9.92. The summed E-state index contributed by atoms with van der Waals surface area (Å²) in [7, 11) is 1.21. The van der Waals surface area contributed by atoms with E-state index in [-0.39, 0.29) is 22.0 Å². The maximum Gasteiger partial charge on any atom is 0.338 e. The van der Waals surface area contributed by atoms with Gasteiger partial charge in [-0.05, 0) is 23.7 Å². The van der Waals surface area contributed by atoms with E-state index in [1.54, 1.807) is 0 Å². The smallest absolute Gasteiger partial charge is 0.338 e. The van der Waals surface area contributed by atoms with Crippen LogP contribution < -0.4 is 0 Å². The van der Waals surface area contributed by atoms with Gasteiger partial charge in [0, 0.05) is 0 Å². The van der Waals surface area contributed by atoms with Crippen LogP contribution in [0.3, 0.4) is 0 Å². The van der Waals surface area contributed by atoms with E-state index in [9.17, 15) is 9.18 Å². The first-order valence-electron chi connectivity index (χ1n) is 3.95. The Bertz CT molecular complexity index is 537. The first-order valence-corrected chi connectivity index (χ1v) is 4.33. The number of esters is 1. The van der Waals surface area contributed by atoms with Crippen LogP contribution in [0.1, 0.15) is 10.4 Å². The molecule has 0 radical (unpaired) electrons. The Morgan fingerprint density at radius 1 is 1.60 bits per heavy atom. The number of ether oxygens (including phenoxy) is 1. The van der Waals surface area contributed by atoms with Crippen LogP contribution in [0.25, 0.3) is 11.1 Å². The molecule has 0 atom stereocenters. The number of aromatic nitrogens is 1. The topological polar surface area (TPSA) is 52.3 Å². The van der Waals surface area contributed by atoms with Gasteiger partial charge in [0.25, 0.3) is 5.35 Å². The van der Waals surface area contributed by atoms with Crippen LogP contribution >= 0.6 is 11.6 Å². The minimum Gasteiger partial charge on any atom is -0.465 e. The van der Waals surface area contributed by atoms with E-state index in [0.717, 1.165) is 6.07 Å². The molecular weight excluding hydrogens is 225 g/mol. The van der Waals surface area contributed by atoms with Gasteiger partial charge in [-0.3, -0.25) is 0 Å². The summed E-state index contributed by atoms with van der Waals surface area (Å²) in [6.45, 7) is 0. The zero-order valence-electron chi connectivity index (χ0n) is 7.58. The fraction of sp³-hybridized carbons (Fsp3) is 0.111. The molecular formula is C9H5ClFNO3. The van der Waals surface area contributed by atoms with Gasteiger partial charge in [-0.2, -0.15) is 4.98 Å². The third-order valence-electron chi connectivity index (χ3n) is 1.84. The first-order chi connectivity index (χ1) is 7.11. The third-order valence-corrected chi connectivity index (χ3v) is 2.01. The Hall–Kier alpha value is -1.62. The van der Waals surface area contributed by atoms with Crippen molar-refractivity contribution in [1.29, 1.82) is 0 Å². The van der Waals surface area contributed by atoms with Gasteiger partial charge in [-0.25, -0.2) is 9.18 Å². The second-order valence-corrected chi connectivity index (χ2v) is 3.09. The van der Waals surface area contributed by atoms with Crippen molar-refractivity contribution < 1.29 is 18.3 Å². The molecule has 6 heteroatoms. The van der Waals surface area contributed by atoms with Crippen LogP contribution in [0.5, 0.6) is 0 Å². The molecule has 0 saturated carbocycles. The molecule has 0 aliphatic carbocycles. The lowest BCUT2D eigenvalue weighted by Gasteiger charge is -1.98. The van der Waals surface area contributed by atoms with Gasteiger partial charge in [0.15, 0.2) is 11.4 Å². The molecule has 0 amide bonds. The summed E-state index contributed by atoms with van der Waals surface area (Å²) in [5.74, 6) is -1.33. The molecule has 0 fully saturated rings. The lowest BCUT2D eigenvalue weighted by molar-refractivity contribution is 0.0600. The molecule has 0 aliphatic heterocycles. The molecule has 1 aromatic carbocycles. The molecule has 0 aliphatic rings. The van der Waals surface area contributed by atoms with Crippen molar-refractivity contribution in [3.8, 4) is 0 Å². The van der Waals surface area contributed by atoms with Crippen molar-refractivity contribution in [2.24, 2.45) is 0 Å². The molecule has 15 heavy (non-hydrogen) atoms. The number of fused-ring (bicyclic) bond motifs is 1. The van der Waals surface area contributed by atoms with Gasteiger partial charge in [0.1, 0.15) is 5.52 Å². The standard InChI is InChI=1S/C9H5ClFNO3/c1-14-8(13)4-2-5(11)7-6(3-4)15-9(10)12-7/h2-3H,1H3. The van der Waals surface area contributed by atoms with Crippen LogP contribution in [0.15, 0.2) is 16.5 Å². The third kappa shape index (κ3) is 1.66. The SMILES string of the molecule is COC(=O)c1cc(F)c2nc(Cl)oc2c1.